The van der Waals surface area contributed by atoms with Crippen molar-refractivity contribution < 1.29 is 14.4 Å². The minimum atomic E-state index is -0.0315. The third-order valence-electron chi connectivity index (χ3n) is 4.11. The van der Waals surface area contributed by atoms with Gasteiger partial charge in [-0.3, -0.25) is 4.79 Å². The zero-order chi connectivity index (χ0) is 14.8. The van der Waals surface area contributed by atoms with E-state index in [1.165, 1.54) is 17.7 Å². The van der Waals surface area contributed by atoms with Gasteiger partial charge in [0.05, 0.1) is 19.0 Å². The lowest BCUT2D eigenvalue weighted by atomic mass is 9.99. The largest absolute Gasteiger partial charge is 0.462 e. The average molecular weight is 280 g/mol. The van der Waals surface area contributed by atoms with Crippen LogP contribution in [-0.4, -0.2) is 31.7 Å². The van der Waals surface area contributed by atoms with Crippen LogP contribution in [0.25, 0.3) is 0 Å². The predicted octanol–water partition coefficient (Wildman–Crippen LogP) is 1.82. The zero-order valence-corrected chi connectivity index (χ0v) is 13.3. The third kappa shape index (κ3) is 5.96. The molecular formula is C17H30NO2+. The van der Waals surface area contributed by atoms with Gasteiger partial charge >= 0.3 is 5.97 Å². The SMILES string of the molecule is CCCCC[C@H]1C[C@@H](CC#CC[NH+](CC)CC)C(=O)O1. The molecule has 1 rings (SSSR count). The summed E-state index contributed by atoms with van der Waals surface area (Å²) in [6.45, 7) is 9.64. The van der Waals surface area contributed by atoms with Crippen molar-refractivity contribution in [3.05, 3.63) is 0 Å². The van der Waals surface area contributed by atoms with E-state index in [4.69, 9.17) is 4.74 Å². The van der Waals surface area contributed by atoms with Gasteiger partial charge in [0.15, 0.2) is 0 Å². The monoisotopic (exact) mass is 280 g/mol. The van der Waals surface area contributed by atoms with E-state index in [0.29, 0.717) is 6.42 Å². The molecular weight excluding hydrogens is 250 g/mol. The first-order chi connectivity index (χ1) is 9.71. The Kier molecular flexibility index (Phi) is 8.37. The fourth-order valence-corrected chi connectivity index (χ4v) is 2.57. The number of quaternary nitrogens is 1. The van der Waals surface area contributed by atoms with Crippen molar-refractivity contribution in [2.75, 3.05) is 19.6 Å². The molecule has 0 aliphatic carbocycles. The molecule has 3 nitrogen and oxygen atoms in total. The van der Waals surface area contributed by atoms with Gasteiger partial charge in [-0.15, -0.1) is 0 Å². The van der Waals surface area contributed by atoms with E-state index in [9.17, 15) is 4.79 Å². The van der Waals surface area contributed by atoms with Crippen LogP contribution in [0.15, 0.2) is 0 Å². The van der Waals surface area contributed by atoms with E-state index in [-0.39, 0.29) is 18.0 Å². The Bertz CT molecular complexity index is 339. The van der Waals surface area contributed by atoms with Crippen LogP contribution in [0, 0.1) is 17.8 Å². The van der Waals surface area contributed by atoms with Crippen LogP contribution in [-0.2, 0) is 9.53 Å². The second kappa shape index (κ2) is 9.83. The number of esters is 1. The number of hydrogen-bond donors (Lipinski definition) is 1. The van der Waals surface area contributed by atoms with Gasteiger partial charge < -0.3 is 9.64 Å². The molecule has 1 aliphatic rings. The maximum atomic E-state index is 11.8. The molecule has 0 amide bonds. The van der Waals surface area contributed by atoms with Gasteiger partial charge in [0.2, 0.25) is 0 Å². The van der Waals surface area contributed by atoms with Crippen molar-refractivity contribution in [1.29, 1.82) is 0 Å². The number of nitrogens with one attached hydrogen (secondary N) is 1. The Labute approximate surface area is 124 Å². The van der Waals surface area contributed by atoms with E-state index in [1.54, 1.807) is 0 Å². The Morgan fingerprint density at radius 2 is 1.95 bits per heavy atom. The third-order valence-corrected chi connectivity index (χ3v) is 4.11. The van der Waals surface area contributed by atoms with Crippen molar-refractivity contribution in [3.63, 3.8) is 0 Å². The molecule has 114 valence electrons. The van der Waals surface area contributed by atoms with E-state index in [2.05, 4.69) is 32.6 Å². The van der Waals surface area contributed by atoms with Gasteiger partial charge in [-0.2, -0.15) is 0 Å². The second-order valence-corrected chi connectivity index (χ2v) is 5.68. The topological polar surface area (TPSA) is 30.7 Å². The van der Waals surface area contributed by atoms with Crippen molar-refractivity contribution in [1.82, 2.24) is 0 Å². The summed E-state index contributed by atoms with van der Waals surface area (Å²) < 4.78 is 5.43. The van der Waals surface area contributed by atoms with E-state index in [0.717, 1.165) is 38.9 Å². The molecule has 0 aromatic carbocycles. The van der Waals surface area contributed by atoms with Crippen LogP contribution in [0.4, 0.5) is 0 Å². The van der Waals surface area contributed by atoms with Crippen LogP contribution in [0.3, 0.4) is 0 Å². The molecule has 0 radical (unpaired) electrons. The van der Waals surface area contributed by atoms with Crippen molar-refractivity contribution in [2.45, 2.75) is 65.4 Å². The number of carbonyl (C=O) groups excluding carboxylic acids is 1. The summed E-state index contributed by atoms with van der Waals surface area (Å²) in [5, 5.41) is 0. The maximum Gasteiger partial charge on any atom is 0.310 e. The maximum absolute atomic E-state index is 11.8. The van der Waals surface area contributed by atoms with Gasteiger partial charge in [-0.25, -0.2) is 0 Å². The molecule has 1 heterocycles. The number of rotatable bonds is 8. The fourth-order valence-electron chi connectivity index (χ4n) is 2.57. The van der Waals surface area contributed by atoms with Crippen LogP contribution < -0.4 is 4.90 Å². The molecule has 1 N–H and O–H groups in total. The first kappa shape index (κ1) is 17.0. The Balaban J connectivity index is 2.27. The van der Waals surface area contributed by atoms with E-state index < -0.39 is 0 Å². The summed E-state index contributed by atoms with van der Waals surface area (Å²) in [5.74, 6) is 6.36. The summed E-state index contributed by atoms with van der Waals surface area (Å²) in [6, 6.07) is 0. The Morgan fingerprint density at radius 1 is 1.20 bits per heavy atom. The highest BCUT2D eigenvalue weighted by atomic mass is 16.5. The van der Waals surface area contributed by atoms with Gasteiger partial charge in [0, 0.05) is 6.42 Å². The highest BCUT2D eigenvalue weighted by Gasteiger charge is 2.33. The second-order valence-electron chi connectivity index (χ2n) is 5.68. The van der Waals surface area contributed by atoms with Crippen LogP contribution in [0.2, 0.25) is 0 Å². The smallest absolute Gasteiger partial charge is 0.310 e. The highest BCUT2D eigenvalue weighted by Crippen LogP contribution is 2.26. The molecule has 0 bridgehead atoms. The molecule has 0 saturated carbocycles. The number of unbranched alkanes of at least 4 members (excludes halogenated alkanes) is 2. The number of ether oxygens (including phenoxy) is 1. The van der Waals surface area contributed by atoms with Crippen molar-refractivity contribution >= 4 is 5.97 Å². The van der Waals surface area contributed by atoms with Crippen LogP contribution >= 0.6 is 0 Å². The summed E-state index contributed by atoms with van der Waals surface area (Å²) in [5.41, 5.74) is 0. The number of hydrogen-bond acceptors (Lipinski definition) is 2. The van der Waals surface area contributed by atoms with Gasteiger partial charge in [-0.1, -0.05) is 25.7 Å². The lowest BCUT2D eigenvalue weighted by Crippen LogP contribution is -3.11. The first-order valence-electron chi connectivity index (χ1n) is 8.20. The molecule has 2 atom stereocenters. The minimum absolute atomic E-state index is 0.0147. The molecule has 20 heavy (non-hydrogen) atoms. The molecule has 0 unspecified atom stereocenters. The average Bonchev–Trinajstić information content (AvgIpc) is 2.80. The Morgan fingerprint density at radius 3 is 2.60 bits per heavy atom. The quantitative estimate of drug-likeness (QED) is 0.418. The predicted molar refractivity (Wildman–Crippen MR) is 81.4 cm³/mol. The highest BCUT2D eigenvalue weighted by molar-refractivity contribution is 5.75. The van der Waals surface area contributed by atoms with Gasteiger partial charge in [0.25, 0.3) is 0 Å². The van der Waals surface area contributed by atoms with Crippen molar-refractivity contribution in [3.8, 4) is 11.8 Å². The lowest BCUT2D eigenvalue weighted by Gasteiger charge is -2.10. The lowest BCUT2D eigenvalue weighted by molar-refractivity contribution is -0.889. The molecule has 1 fully saturated rings. The normalized spacial score (nSPS) is 21.7. The summed E-state index contributed by atoms with van der Waals surface area (Å²) in [7, 11) is 0. The fraction of sp³-hybridized carbons (Fsp3) is 0.824. The minimum Gasteiger partial charge on any atom is -0.462 e. The van der Waals surface area contributed by atoms with Gasteiger partial charge in [0.1, 0.15) is 12.6 Å². The molecule has 1 aliphatic heterocycles. The van der Waals surface area contributed by atoms with Gasteiger partial charge in [-0.05, 0) is 39.0 Å². The molecule has 0 aromatic heterocycles. The molecule has 3 heteroatoms. The molecule has 0 aromatic rings. The first-order valence-corrected chi connectivity index (χ1v) is 8.20. The summed E-state index contributed by atoms with van der Waals surface area (Å²) >= 11 is 0. The van der Waals surface area contributed by atoms with Crippen molar-refractivity contribution in [2.24, 2.45) is 5.92 Å². The summed E-state index contributed by atoms with van der Waals surface area (Å²) in [4.78, 5) is 13.3. The van der Waals surface area contributed by atoms with E-state index in [1.807, 2.05) is 0 Å². The van der Waals surface area contributed by atoms with Crippen LogP contribution in [0.5, 0.6) is 0 Å². The molecule has 1 saturated heterocycles. The van der Waals surface area contributed by atoms with E-state index >= 15 is 0 Å². The zero-order valence-electron chi connectivity index (χ0n) is 13.3. The van der Waals surface area contributed by atoms with Crippen LogP contribution in [0.1, 0.15) is 59.3 Å². The summed E-state index contributed by atoms with van der Waals surface area (Å²) in [6.07, 6.45) is 6.31. The standard InChI is InChI=1S/C17H29NO2/c1-4-7-8-12-16-14-15(17(19)20-16)11-9-10-13-18(5-2)6-3/h15-16H,4-8,11-14H2,1-3H3/p+1/t15-,16+/m1/s1. The Hall–Kier alpha value is -1.01. The molecule has 0 spiro atoms. The number of cyclic esters (lactones) is 1. The number of carbonyl (C=O) groups is 1.